The van der Waals surface area contributed by atoms with Gasteiger partial charge in [-0.15, -0.1) is 0 Å². The first-order valence-corrected chi connectivity index (χ1v) is 6.90. The van der Waals surface area contributed by atoms with Crippen molar-refractivity contribution in [1.29, 1.82) is 0 Å². The first kappa shape index (κ1) is 14.8. The highest BCUT2D eigenvalue weighted by atomic mass is 79.9. The summed E-state index contributed by atoms with van der Waals surface area (Å²) in [4.78, 5) is 0. The molecule has 0 aromatic heterocycles. The molecule has 1 fully saturated rings. The summed E-state index contributed by atoms with van der Waals surface area (Å²) in [6.07, 6.45) is -2.69. The molecule has 1 saturated carbocycles. The molecule has 1 unspecified atom stereocenters. The normalized spacial score (nSPS) is 17.5. The van der Waals surface area contributed by atoms with E-state index in [2.05, 4.69) is 21.2 Å². The Morgan fingerprint density at radius 3 is 2.42 bits per heavy atom. The van der Waals surface area contributed by atoms with Crippen LogP contribution >= 0.6 is 15.9 Å². The van der Waals surface area contributed by atoms with Crippen molar-refractivity contribution in [3.05, 3.63) is 34.3 Å². The number of benzene rings is 1. The van der Waals surface area contributed by atoms with Crippen LogP contribution in [0.15, 0.2) is 28.7 Å². The van der Waals surface area contributed by atoms with E-state index in [9.17, 15) is 13.2 Å². The lowest BCUT2D eigenvalue weighted by molar-refractivity contribution is -0.185. The van der Waals surface area contributed by atoms with E-state index in [1.54, 1.807) is 24.3 Å². The van der Waals surface area contributed by atoms with Gasteiger partial charge in [-0.25, -0.2) is 0 Å². The van der Waals surface area contributed by atoms with Gasteiger partial charge in [0.2, 0.25) is 0 Å². The van der Waals surface area contributed by atoms with Gasteiger partial charge in [0.1, 0.15) is 6.61 Å². The smallest absolute Gasteiger partial charge is 0.363 e. The Bertz CT molecular complexity index is 403. The fourth-order valence-corrected chi connectivity index (χ4v) is 1.97. The molecule has 1 aliphatic rings. The third kappa shape index (κ3) is 5.50. The molecule has 2 rings (SSSR count). The van der Waals surface area contributed by atoms with E-state index < -0.39 is 18.9 Å². The Kier molecular flexibility index (Phi) is 4.86. The number of nitrogens with one attached hydrogen (secondary N) is 1. The summed E-state index contributed by atoms with van der Waals surface area (Å²) in [5, 5.41) is 3.20. The fraction of sp³-hybridized carbons (Fsp3) is 0.538. The maximum Gasteiger partial charge on any atom is 0.411 e. The molecule has 0 bridgehead atoms. The zero-order chi connectivity index (χ0) is 13.9. The first-order chi connectivity index (χ1) is 8.94. The zero-order valence-electron chi connectivity index (χ0n) is 10.2. The van der Waals surface area contributed by atoms with Gasteiger partial charge in [-0.3, -0.25) is 0 Å². The van der Waals surface area contributed by atoms with Crippen LogP contribution in [0, 0.1) is 0 Å². The van der Waals surface area contributed by atoms with E-state index in [0.29, 0.717) is 12.6 Å². The maximum atomic E-state index is 12.3. The van der Waals surface area contributed by atoms with Crippen molar-refractivity contribution in [1.82, 2.24) is 5.32 Å². The lowest BCUT2D eigenvalue weighted by Crippen LogP contribution is -2.28. The SMILES string of the molecule is FC(F)(F)COC(CNC1CC1)c1ccc(Br)cc1. The molecule has 0 amide bonds. The van der Waals surface area contributed by atoms with Crippen LogP contribution in [0.5, 0.6) is 0 Å². The molecule has 19 heavy (non-hydrogen) atoms. The van der Waals surface area contributed by atoms with Crippen LogP contribution in [0.25, 0.3) is 0 Å². The van der Waals surface area contributed by atoms with Crippen molar-refractivity contribution >= 4 is 15.9 Å². The van der Waals surface area contributed by atoms with Crippen LogP contribution in [-0.2, 0) is 4.74 Å². The van der Waals surface area contributed by atoms with Gasteiger partial charge in [0.25, 0.3) is 0 Å². The van der Waals surface area contributed by atoms with E-state index in [1.807, 2.05) is 0 Å². The van der Waals surface area contributed by atoms with Crippen LogP contribution in [0.2, 0.25) is 0 Å². The number of halogens is 4. The number of hydrogen-bond donors (Lipinski definition) is 1. The third-order valence-corrected chi connectivity index (χ3v) is 3.39. The van der Waals surface area contributed by atoms with Gasteiger partial charge in [0.05, 0.1) is 6.10 Å². The minimum Gasteiger partial charge on any atom is -0.363 e. The van der Waals surface area contributed by atoms with E-state index in [0.717, 1.165) is 22.9 Å². The molecule has 6 heteroatoms. The fourth-order valence-electron chi connectivity index (χ4n) is 1.71. The van der Waals surface area contributed by atoms with Crippen LogP contribution < -0.4 is 5.32 Å². The van der Waals surface area contributed by atoms with E-state index in [4.69, 9.17) is 4.74 Å². The lowest BCUT2D eigenvalue weighted by Gasteiger charge is -2.20. The van der Waals surface area contributed by atoms with Crippen molar-refractivity contribution in [2.45, 2.75) is 31.2 Å². The van der Waals surface area contributed by atoms with Gasteiger partial charge in [-0.05, 0) is 30.5 Å². The monoisotopic (exact) mass is 337 g/mol. The van der Waals surface area contributed by atoms with Crippen LogP contribution in [0.3, 0.4) is 0 Å². The molecule has 0 heterocycles. The summed E-state index contributed by atoms with van der Waals surface area (Å²) in [7, 11) is 0. The van der Waals surface area contributed by atoms with Gasteiger partial charge in [-0.1, -0.05) is 28.1 Å². The minimum absolute atomic E-state index is 0.405. The molecular weight excluding hydrogens is 323 g/mol. The van der Waals surface area contributed by atoms with Gasteiger partial charge in [-0.2, -0.15) is 13.2 Å². The molecule has 1 aromatic carbocycles. The van der Waals surface area contributed by atoms with E-state index in [1.165, 1.54) is 0 Å². The van der Waals surface area contributed by atoms with Crippen molar-refractivity contribution in [3.63, 3.8) is 0 Å². The molecule has 106 valence electrons. The lowest BCUT2D eigenvalue weighted by atomic mass is 10.1. The summed E-state index contributed by atoms with van der Waals surface area (Å²) in [6, 6.07) is 7.60. The van der Waals surface area contributed by atoms with Crippen LogP contribution in [0.4, 0.5) is 13.2 Å². The van der Waals surface area contributed by atoms with Crippen molar-refractivity contribution in [2.75, 3.05) is 13.2 Å². The van der Waals surface area contributed by atoms with Crippen LogP contribution in [-0.4, -0.2) is 25.4 Å². The second-order valence-electron chi connectivity index (χ2n) is 4.65. The number of alkyl halides is 3. The van der Waals surface area contributed by atoms with Gasteiger partial charge >= 0.3 is 6.18 Å². The molecule has 2 nitrogen and oxygen atoms in total. The summed E-state index contributed by atoms with van der Waals surface area (Å²) in [5.74, 6) is 0. The number of ether oxygens (including phenoxy) is 1. The van der Waals surface area contributed by atoms with E-state index in [-0.39, 0.29) is 0 Å². The second-order valence-corrected chi connectivity index (χ2v) is 5.56. The Morgan fingerprint density at radius 1 is 1.26 bits per heavy atom. The van der Waals surface area contributed by atoms with E-state index >= 15 is 0 Å². The summed E-state index contributed by atoms with van der Waals surface area (Å²) >= 11 is 3.30. The predicted octanol–water partition coefficient (Wildman–Crippen LogP) is 3.82. The van der Waals surface area contributed by atoms with Crippen molar-refractivity contribution < 1.29 is 17.9 Å². The highest BCUT2D eigenvalue weighted by molar-refractivity contribution is 9.10. The zero-order valence-corrected chi connectivity index (χ0v) is 11.8. The molecule has 1 N–H and O–H groups in total. The number of hydrogen-bond acceptors (Lipinski definition) is 2. The Labute approximate surface area is 118 Å². The molecular formula is C13H15BrF3NO. The first-order valence-electron chi connectivity index (χ1n) is 6.11. The Morgan fingerprint density at radius 2 is 1.89 bits per heavy atom. The van der Waals surface area contributed by atoms with Crippen LogP contribution in [0.1, 0.15) is 24.5 Å². The maximum absolute atomic E-state index is 12.3. The third-order valence-electron chi connectivity index (χ3n) is 2.86. The summed E-state index contributed by atoms with van der Waals surface area (Å²) in [6.45, 7) is -0.817. The van der Waals surface area contributed by atoms with Crippen molar-refractivity contribution in [2.24, 2.45) is 0 Å². The Hall–Kier alpha value is -0.590. The molecule has 1 aliphatic carbocycles. The Balaban J connectivity index is 1.97. The highest BCUT2D eigenvalue weighted by Crippen LogP contribution is 2.25. The van der Waals surface area contributed by atoms with Crippen molar-refractivity contribution in [3.8, 4) is 0 Å². The predicted molar refractivity (Wildman–Crippen MR) is 69.9 cm³/mol. The number of rotatable bonds is 6. The largest absolute Gasteiger partial charge is 0.411 e. The van der Waals surface area contributed by atoms with Gasteiger partial charge in [0.15, 0.2) is 0 Å². The van der Waals surface area contributed by atoms with Gasteiger partial charge in [0, 0.05) is 17.1 Å². The van der Waals surface area contributed by atoms with Gasteiger partial charge < -0.3 is 10.1 Å². The molecule has 0 saturated heterocycles. The quantitative estimate of drug-likeness (QED) is 0.851. The average Bonchev–Trinajstić information content (AvgIpc) is 3.13. The molecule has 1 atom stereocenters. The average molecular weight is 338 g/mol. The summed E-state index contributed by atoms with van der Waals surface area (Å²) in [5.41, 5.74) is 0.751. The molecule has 0 aliphatic heterocycles. The topological polar surface area (TPSA) is 21.3 Å². The summed E-state index contributed by atoms with van der Waals surface area (Å²) < 4.78 is 42.7. The minimum atomic E-state index is -4.30. The molecule has 0 spiro atoms. The second kappa shape index (κ2) is 6.24. The standard InChI is InChI=1S/C13H15BrF3NO/c14-10-3-1-9(2-4-10)12(7-18-11-5-6-11)19-8-13(15,16)17/h1-4,11-12,18H,5-8H2. The molecule has 1 aromatic rings. The highest BCUT2D eigenvalue weighted by Gasteiger charge is 2.30. The molecule has 0 radical (unpaired) electrons.